The molecule has 0 amide bonds. The summed E-state index contributed by atoms with van der Waals surface area (Å²) in [6, 6.07) is 8.73. The van der Waals surface area contributed by atoms with Gasteiger partial charge in [0.15, 0.2) is 5.82 Å². The van der Waals surface area contributed by atoms with Gasteiger partial charge in [0.2, 0.25) is 10.0 Å². The Labute approximate surface area is 190 Å². The van der Waals surface area contributed by atoms with Crippen LogP contribution in [-0.4, -0.2) is 82.0 Å². The quantitative estimate of drug-likeness (QED) is 0.552. The number of morpholine rings is 1. The molecule has 1 aromatic heterocycles. The summed E-state index contributed by atoms with van der Waals surface area (Å²) < 4.78 is 38.8. The molecule has 2 saturated heterocycles. The molecule has 0 bridgehead atoms. The summed E-state index contributed by atoms with van der Waals surface area (Å²) in [5, 5.41) is 8.45. The van der Waals surface area contributed by atoms with Crippen molar-refractivity contribution in [2.24, 2.45) is 0 Å². The molecule has 2 fully saturated rings. The van der Waals surface area contributed by atoms with E-state index in [1.807, 2.05) is 6.07 Å². The Morgan fingerprint density at radius 3 is 2.41 bits per heavy atom. The lowest BCUT2D eigenvalue weighted by atomic mass is 10.3. The van der Waals surface area contributed by atoms with Crippen LogP contribution in [0.5, 0.6) is 5.75 Å². The Bertz CT molecular complexity index is 972. The van der Waals surface area contributed by atoms with E-state index in [0.29, 0.717) is 56.6 Å². The Kier molecular flexibility index (Phi) is 7.44. The maximum Gasteiger partial charge on any atom is 0.243 e. The van der Waals surface area contributed by atoms with Crippen LogP contribution in [0.2, 0.25) is 0 Å². The molecule has 0 aliphatic carbocycles. The van der Waals surface area contributed by atoms with E-state index in [1.54, 1.807) is 30.5 Å². The number of hydrogen-bond donors (Lipinski definition) is 0. The topological polar surface area (TPSA) is 88.1 Å². The highest BCUT2D eigenvalue weighted by atomic mass is 32.2. The summed E-state index contributed by atoms with van der Waals surface area (Å²) in [5.74, 6) is 1.47. The number of anilines is 2. The Morgan fingerprint density at radius 1 is 1.00 bits per heavy atom. The molecule has 0 radical (unpaired) electrons. The van der Waals surface area contributed by atoms with Crippen molar-refractivity contribution < 1.29 is 17.9 Å². The van der Waals surface area contributed by atoms with Crippen LogP contribution in [0.1, 0.15) is 19.8 Å². The van der Waals surface area contributed by atoms with Gasteiger partial charge in [-0.2, -0.15) is 9.40 Å². The van der Waals surface area contributed by atoms with Gasteiger partial charge in [-0.05, 0) is 30.7 Å². The van der Waals surface area contributed by atoms with E-state index in [9.17, 15) is 8.42 Å². The third kappa shape index (κ3) is 5.31. The Morgan fingerprint density at radius 2 is 1.72 bits per heavy atom. The minimum atomic E-state index is -3.54. The van der Waals surface area contributed by atoms with E-state index in [1.165, 1.54) is 4.31 Å². The zero-order valence-electron chi connectivity index (χ0n) is 18.5. The molecular formula is C22H31N5O4S. The van der Waals surface area contributed by atoms with Crippen molar-refractivity contribution in [3.8, 4) is 5.75 Å². The van der Waals surface area contributed by atoms with E-state index < -0.39 is 10.0 Å². The number of aromatic nitrogens is 2. The lowest BCUT2D eigenvalue weighted by Gasteiger charge is -2.35. The van der Waals surface area contributed by atoms with Crippen molar-refractivity contribution in [1.29, 1.82) is 0 Å². The molecule has 0 atom stereocenters. The van der Waals surface area contributed by atoms with Crippen LogP contribution in [0.3, 0.4) is 0 Å². The number of hydrogen-bond acceptors (Lipinski definition) is 8. The van der Waals surface area contributed by atoms with Crippen molar-refractivity contribution in [3.05, 3.63) is 36.5 Å². The summed E-state index contributed by atoms with van der Waals surface area (Å²) in [5.41, 5.74) is 1.02. The van der Waals surface area contributed by atoms with Crippen LogP contribution < -0.4 is 14.5 Å². The molecule has 9 nitrogen and oxygen atoms in total. The van der Waals surface area contributed by atoms with Crippen LogP contribution in [0, 0.1) is 0 Å². The maximum absolute atomic E-state index is 13.1. The Hall–Kier alpha value is -2.43. The predicted molar refractivity (Wildman–Crippen MR) is 123 cm³/mol. The molecule has 174 valence electrons. The highest BCUT2D eigenvalue weighted by Crippen LogP contribution is 2.24. The molecule has 2 aliphatic rings. The summed E-state index contributed by atoms with van der Waals surface area (Å²) in [6.45, 7) is 7.77. The molecule has 0 saturated carbocycles. The largest absolute Gasteiger partial charge is 0.494 e. The average molecular weight is 462 g/mol. The molecule has 0 spiro atoms. The van der Waals surface area contributed by atoms with Crippen LogP contribution in [0.15, 0.2) is 41.4 Å². The minimum absolute atomic E-state index is 0.294. The monoisotopic (exact) mass is 461 g/mol. The molecule has 32 heavy (non-hydrogen) atoms. The first-order chi connectivity index (χ1) is 15.6. The van der Waals surface area contributed by atoms with Gasteiger partial charge >= 0.3 is 0 Å². The van der Waals surface area contributed by atoms with Gasteiger partial charge < -0.3 is 19.3 Å². The van der Waals surface area contributed by atoms with Crippen LogP contribution in [-0.2, 0) is 14.8 Å². The van der Waals surface area contributed by atoms with Gasteiger partial charge in [-0.3, -0.25) is 0 Å². The molecule has 4 rings (SSSR count). The highest BCUT2D eigenvalue weighted by Gasteiger charge is 2.29. The molecular weight excluding hydrogens is 430 g/mol. The lowest BCUT2D eigenvalue weighted by Crippen LogP contribution is -2.49. The summed E-state index contributed by atoms with van der Waals surface area (Å²) in [4.78, 5) is 4.62. The van der Waals surface area contributed by atoms with E-state index in [0.717, 1.165) is 37.4 Å². The van der Waals surface area contributed by atoms with Crippen molar-refractivity contribution in [2.75, 3.05) is 68.9 Å². The second-order valence-electron chi connectivity index (χ2n) is 7.94. The lowest BCUT2D eigenvalue weighted by molar-refractivity contribution is 0.122. The van der Waals surface area contributed by atoms with Gasteiger partial charge in [-0.1, -0.05) is 13.3 Å². The first-order valence-electron chi connectivity index (χ1n) is 11.2. The van der Waals surface area contributed by atoms with Gasteiger partial charge in [0.1, 0.15) is 5.75 Å². The first kappa shape index (κ1) is 22.8. The molecule has 10 heteroatoms. The van der Waals surface area contributed by atoms with Crippen molar-refractivity contribution in [3.63, 3.8) is 0 Å². The van der Waals surface area contributed by atoms with Crippen molar-refractivity contribution >= 4 is 21.5 Å². The molecule has 2 aromatic rings. The molecule has 0 N–H and O–H groups in total. The van der Waals surface area contributed by atoms with Crippen LogP contribution in [0.25, 0.3) is 0 Å². The molecule has 2 aliphatic heterocycles. The van der Waals surface area contributed by atoms with E-state index in [-0.39, 0.29) is 0 Å². The Balaban J connectivity index is 1.36. The highest BCUT2D eigenvalue weighted by molar-refractivity contribution is 7.89. The summed E-state index contributed by atoms with van der Waals surface area (Å²) >= 11 is 0. The van der Waals surface area contributed by atoms with Gasteiger partial charge in [0.25, 0.3) is 0 Å². The van der Waals surface area contributed by atoms with Crippen LogP contribution in [0.4, 0.5) is 11.5 Å². The maximum atomic E-state index is 13.1. The summed E-state index contributed by atoms with van der Waals surface area (Å²) in [6.07, 6.45) is 3.80. The van der Waals surface area contributed by atoms with Gasteiger partial charge in [0.05, 0.1) is 36.6 Å². The number of nitrogens with zero attached hydrogens (tertiary/aromatic N) is 5. The third-order valence-corrected chi connectivity index (χ3v) is 7.71. The zero-order valence-corrected chi connectivity index (χ0v) is 19.3. The third-order valence-electron chi connectivity index (χ3n) is 5.79. The number of ether oxygens (including phenoxy) is 2. The van der Waals surface area contributed by atoms with Gasteiger partial charge in [-0.15, -0.1) is 5.10 Å². The van der Waals surface area contributed by atoms with E-state index in [4.69, 9.17) is 9.47 Å². The number of benzene rings is 1. The number of sulfonamides is 1. The predicted octanol–water partition coefficient (Wildman–Crippen LogP) is 2.00. The number of unbranched alkanes of at least 4 members (excludes halogenated alkanes) is 1. The second-order valence-corrected chi connectivity index (χ2v) is 9.87. The fourth-order valence-electron chi connectivity index (χ4n) is 3.84. The minimum Gasteiger partial charge on any atom is -0.494 e. The van der Waals surface area contributed by atoms with Crippen molar-refractivity contribution in [1.82, 2.24) is 14.5 Å². The number of piperazine rings is 1. The molecule has 1 aromatic carbocycles. The summed E-state index contributed by atoms with van der Waals surface area (Å²) in [7, 11) is -3.54. The zero-order chi connectivity index (χ0) is 22.4. The smallest absolute Gasteiger partial charge is 0.243 e. The first-order valence-corrected chi connectivity index (χ1v) is 12.7. The van der Waals surface area contributed by atoms with Crippen molar-refractivity contribution in [2.45, 2.75) is 24.7 Å². The standard InChI is InChI=1S/C22H31N5O4S/c1-2-3-14-31-20-4-6-21(7-5-20)32(28,29)27-10-8-26(9-11-27)22-17-19(18-23-24-22)25-12-15-30-16-13-25/h4-7,17-18H,2-3,8-16H2,1H3. The normalized spacial score (nSPS) is 18.0. The SMILES string of the molecule is CCCCOc1ccc(S(=O)(=O)N2CCN(c3cc(N4CCOCC4)cnn3)CC2)cc1. The van der Waals surface area contributed by atoms with E-state index in [2.05, 4.69) is 26.9 Å². The number of rotatable bonds is 8. The second kappa shape index (κ2) is 10.5. The fourth-order valence-corrected chi connectivity index (χ4v) is 5.27. The fraction of sp³-hybridized carbons (Fsp3) is 0.545. The van der Waals surface area contributed by atoms with Gasteiger partial charge in [-0.25, -0.2) is 8.42 Å². The van der Waals surface area contributed by atoms with Crippen LogP contribution >= 0.6 is 0 Å². The van der Waals surface area contributed by atoms with Gasteiger partial charge in [0, 0.05) is 45.3 Å². The molecule has 3 heterocycles. The molecule has 0 unspecified atom stereocenters. The van der Waals surface area contributed by atoms with E-state index >= 15 is 0 Å². The average Bonchev–Trinajstić information content (AvgIpc) is 2.85.